The van der Waals surface area contributed by atoms with E-state index in [2.05, 4.69) is 22.8 Å². The summed E-state index contributed by atoms with van der Waals surface area (Å²) in [5, 5.41) is 3.78. The standard InChI is InChI=1S/C22H28N6O3S/c1-13-10-15-18(31-27(3)20(15)29)11-16(13)24-21-23-12-17-19(25-21)28(22(30)26(17)2)14-6-8-32(4,5)9-7-14/h10-12,14H,6-9H2,1-5H3,(H,23,24,25). The van der Waals surface area contributed by atoms with Crippen LogP contribution < -0.4 is 16.6 Å². The Hall–Kier alpha value is -3.01. The topological polar surface area (TPSA) is 99.9 Å². The van der Waals surface area contributed by atoms with E-state index in [0.717, 1.165) is 41.1 Å². The Kier molecular flexibility index (Phi) is 4.74. The van der Waals surface area contributed by atoms with E-state index in [9.17, 15) is 9.59 Å². The van der Waals surface area contributed by atoms with Crippen LogP contribution in [0.4, 0.5) is 11.6 Å². The molecule has 5 rings (SSSR count). The Balaban J connectivity index is 1.55. The van der Waals surface area contributed by atoms with Crippen molar-refractivity contribution in [1.29, 1.82) is 0 Å². The minimum Gasteiger partial charge on any atom is -0.376 e. The monoisotopic (exact) mass is 456 g/mol. The van der Waals surface area contributed by atoms with Crippen LogP contribution >= 0.6 is 10.0 Å². The number of nitrogens with zero attached hydrogens (tertiary/aromatic N) is 5. The molecule has 4 heterocycles. The predicted molar refractivity (Wildman–Crippen MR) is 130 cm³/mol. The lowest BCUT2D eigenvalue weighted by molar-refractivity contribution is 0.324. The van der Waals surface area contributed by atoms with E-state index in [4.69, 9.17) is 9.51 Å². The first-order chi connectivity index (χ1) is 15.1. The van der Waals surface area contributed by atoms with Crippen molar-refractivity contribution in [2.24, 2.45) is 14.1 Å². The number of rotatable bonds is 3. The smallest absolute Gasteiger partial charge is 0.330 e. The SMILES string of the molecule is Cc1cc2c(=O)n(C)oc2cc1Nc1ncc2c(n1)n(C1CCS(C)(C)CC1)c(=O)n2C. The van der Waals surface area contributed by atoms with Crippen LogP contribution in [0.5, 0.6) is 0 Å². The molecular weight excluding hydrogens is 428 g/mol. The maximum absolute atomic E-state index is 13.1. The molecule has 1 saturated heterocycles. The van der Waals surface area contributed by atoms with Gasteiger partial charge in [-0.05, 0) is 55.4 Å². The Bertz CT molecular complexity index is 1470. The number of nitrogens with one attached hydrogen (secondary N) is 1. The maximum Gasteiger partial charge on any atom is 0.330 e. The van der Waals surface area contributed by atoms with Gasteiger partial charge < -0.3 is 9.84 Å². The zero-order chi connectivity index (χ0) is 22.8. The highest BCUT2D eigenvalue weighted by Gasteiger charge is 2.28. The highest BCUT2D eigenvalue weighted by atomic mass is 32.3. The van der Waals surface area contributed by atoms with Gasteiger partial charge in [0.15, 0.2) is 11.2 Å². The predicted octanol–water partition coefficient (Wildman–Crippen LogP) is 3.03. The van der Waals surface area contributed by atoms with Crippen LogP contribution in [0.15, 0.2) is 32.4 Å². The summed E-state index contributed by atoms with van der Waals surface area (Å²) in [5.41, 5.74) is 3.28. The van der Waals surface area contributed by atoms with Crippen LogP contribution in [-0.4, -0.2) is 47.9 Å². The molecule has 0 saturated carbocycles. The second-order valence-corrected chi connectivity index (χ2v) is 13.6. The van der Waals surface area contributed by atoms with Gasteiger partial charge in [-0.1, -0.05) is 0 Å². The second kappa shape index (κ2) is 7.26. The molecule has 1 aliphatic heterocycles. The van der Waals surface area contributed by atoms with Crippen LogP contribution in [-0.2, 0) is 14.1 Å². The fourth-order valence-corrected chi connectivity index (χ4v) is 6.51. The van der Waals surface area contributed by atoms with Crippen molar-refractivity contribution in [1.82, 2.24) is 23.8 Å². The third-order valence-electron chi connectivity index (χ3n) is 6.53. The summed E-state index contributed by atoms with van der Waals surface area (Å²) in [6.45, 7) is 1.91. The van der Waals surface area contributed by atoms with E-state index < -0.39 is 10.0 Å². The number of aromatic nitrogens is 5. The van der Waals surface area contributed by atoms with Crippen LogP contribution in [0, 0.1) is 6.92 Å². The molecule has 9 nitrogen and oxygen atoms in total. The van der Waals surface area contributed by atoms with Crippen molar-refractivity contribution in [3.05, 3.63) is 44.7 Å². The maximum atomic E-state index is 13.1. The molecule has 10 heteroatoms. The molecule has 0 atom stereocenters. The lowest BCUT2D eigenvalue weighted by Crippen LogP contribution is -2.31. The minimum atomic E-state index is -0.556. The molecule has 0 unspecified atom stereocenters. The molecule has 1 N–H and O–H groups in total. The van der Waals surface area contributed by atoms with Gasteiger partial charge in [0.1, 0.15) is 5.52 Å². The molecule has 0 radical (unpaired) electrons. The molecule has 4 aromatic rings. The quantitative estimate of drug-likeness (QED) is 0.509. The third kappa shape index (κ3) is 3.33. The fourth-order valence-electron chi connectivity index (χ4n) is 4.48. The third-order valence-corrected chi connectivity index (χ3v) is 9.21. The van der Waals surface area contributed by atoms with Crippen LogP contribution in [0.2, 0.25) is 0 Å². The molecule has 1 aliphatic rings. The molecule has 0 aliphatic carbocycles. The van der Waals surface area contributed by atoms with Gasteiger partial charge in [0, 0.05) is 31.9 Å². The Morgan fingerprint density at radius 3 is 2.59 bits per heavy atom. The summed E-state index contributed by atoms with van der Waals surface area (Å²) in [6, 6.07) is 3.74. The number of hydrogen-bond acceptors (Lipinski definition) is 6. The molecule has 1 fully saturated rings. The number of aryl methyl sites for hydroxylation is 3. The first kappa shape index (κ1) is 20.9. The lowest BCUT2D eigenvalue weighted by Gasteiger charge is -2.39. The number of benzene rings is 1. The number of hydrogen-bond donors (Lipinski definition) is 1. The molecule has 170 valence electrons. The van der Waals surface area contributed by atoms with Gasteiger partial charge in [0.05, 0.1) is 11.6 Å². The largest absolute Gasteiger partial charge is 0.376 e. The first-order valence-corrected chi connectivity index (χ1v) is 13.4. The lowest BCUT2D eigenvalue weighted by atomic mass is 10.1. The summed E-state index contributed by atoms with van der Waals surface area (Å²) in [4.78, 5) is 34.4. The summed E-state index contributed by atoms with van der Waals surface area (Å²) < 4.78 is 10.2. The normalized spacial score (nSPS) is 17.8. The van der Waals surface area contributed by atoms with E-state index in [1.165, 1.54) is 4.74 Å². The molecule has 0 amide bonds. The zero-order valence-electron chi connectivity index (χ0n) is 19.0. The van der Waals surface area contributed by atoms with E-state index in [1.807, 2.05) is 11.5 Å². The van der Waals surface area contributed by atoms with Gasteiger partial charge in [-0.25, -0.2) is 19.8 Å². The van der Waals surface area contributed by atoms with Crippen LogP contribution in [0.1, 0.15) is 24.4 Å². The second-order valence-electron chi connectivity index (χ2n) is 9.20. The fraction of sp³-hybridized carbons (Fsp3) is 0.455. The van der Waals surface area contributed by atoms with Crippen molar-refractivity contribution >= 4 is 43.8 Å². The van der Waals surface area contributed by atoms with Crippen molar-refractivity contribution in [3.63, 3.8) is 0 Å². The van der Waals surface area contributed by atoms with Gasteiger partial charge in [-0.2, -0.15) is 9.72 Å². The van der Waals surface area contributed by atoms with Gasteiger partial charge in [-0.3, -0.25) is 13.9 Å². The molecule has 0 bridgehead atoms. The molecule has 3 aromatic heterocycles. The van der Waals surface area contributed by atoms with E-state index in [0.29, 0.717) is 22.6 Å². The van der Waals surface area contributed by atoms with Crippen molar-refractivity contribution in [2.45, 2.75) is 25.8 Å². The van der Waals surface area contributed by atoms with Gasteiger partial charge in [-0.15, -0.1) is 0 Å². The summed E-state index contributed by atoms with van der Waals surface area (Å²) >= 11 is 0. The molecule has 1 aromatic carbocycles. The highest BCUT2D eigenvalue weighted by molar-refractivity contribution is 8.32. The van der Waals surface area contributed by atoms with Gasteiger partial charge in [0.25, 0.3) is 5.56 Å². The average Bonchev–Trinajstić information content (AvgIpc) is 3.15. The van der Waals surface area contributed by atoms with Crippen molar-refractivity contribution < 1.29 is 4.52 Å². The van der Waals surface area contributed by atoms with Crippen molar-refractivity contribution in [2.75, 3.05) is 29.3 Å². The number of fused-ring (bicyclic) bond motifs is 2. The number of imidazole rings is 1. The average molecular weight is 457 g/mol. The van der Waals surface area contributed by atoms with E-state index in [-0.39, 0.29) is 17.3 Å². The van der Waals surface area contributed by atoms with Crippen LogP contribution in [0.3, 0.4) is 0 Å². The van der Waals surface area contributed by atoms with Crippen molar-refractivity contribution in [3.8, 4) is 0 Å². The van der Waals surface area contributed by atoms with E-state index in [1.54, 1.807) is 37.0 Å². The summed E-state index contributed by atoms with van der Waals surface area (Å²) in [5.74, 6) is 2.73. The Morgan fingerprint density at radius 2 is 1.88 bits per heavy atom. The Morgan fingerprint density at radius 1 is 1.16 bits per heavy atom. The van der Waals surface area contributed by atoms with Gasteiger partial charge in [0.2, 0.25) is 5.95 Å². The molecule has 32 heavy (non-hydrogen) atoms. The Labute approximate surface area is 186 Å². The molecule has 0 spiro atoms. The highest BCUT2D eigenvalue weighted by Crippen LogP contribution is 2.47. The number of anilines is 2. The molecular formula is C22H28N6O3S. The zero-order valence-corrected chi connectivity index (χ0v) is 19.8. The van der Waals surface area contributed by atoms with Gasteiger partial charge >= 0.3 is 5.69 Å². The van der Waals surface area contributed by atoms with Crippen LogP contribution in [0.25, 0.3) is 22.1 Å². The minimum absolute atomic E-state index is 0.0465. The van der Waals surface area contributed by atoms with E-state index >= 15 is 0 Å². The summed E-state index contributed by atoms with van der Waals surface area (Å²) in [6.07, 6.45) is 8.42. The first-order valence-electron chi connectivity index (χ1n) is 10.6. The summed E-state index contributed by atoms with van der Waals surface area (Å²) in [7, 11) is 2.80.